The summed E-state index contributed by atoms with van der Waals surface area (Å²) in [5, 5.41) is 3.15. The quantitative estimate of drug-likeness (QED) is 0.594. The fraction of sp³-hybridized carbons (Fsp3) is 0.238. The fourth-order valence-corrected chi connectivity index (χ4v) is 3.82. The van der Waals surface area contributed by atoms with Crippen molar-refractivity contribution >= 4 is 5.65 Å². The Kier molecular flexibility index (Phi) is 3.91. The van der Waals surface area contributed by atoms with Gasteiger partial charge in [-0.05, 0) is 30.7 Å². The molecule has 0 radical (unpaired) electrons. The lowest BCUT2D eigenvalue weighted by Gasteiger charge is -2.27. The van der Waals surface area contributed by atoms with Crippen molar-refractivity contribution in [2.24, 2.45) is 0 Å². The molecule has 0 aliphatic carbocycles. The molecule has 1 aliphatic rings. The summed E-state index contributed by atoms with van der Waals surface area (Å²) in [5.41, 5.74) is 4.86. The van der Waals surface area contributed by atoms with E-state index in [2.05, 4.69) is 10.00 Å². The summed E-state index contributed by atoms with van der Waals surface area (Å²) in [6, 6.07) is 10.2. The molecule has 5 rings (SSSR count). The molecule has 0 bridgehead atoms. The third-order valence-corrected chi connectivity index (χ3v) is 5.31. The largest absolute Gasteiger partial charge is 0.469 e. The van der Waals surface area contributed by atoms with E-state index in [9.17, 15) is 9.18 Å². The molecule has 0 amide bonds. The molecular weight excluding hydrogens is 359 g/mol. The van der Waals surface area contributed by atoms with Crippen LogP contribution in [0, 0.1) is 12.7 Å². The summed E-state index contributed by atoms with van der Waals surface area (Å²) < 4.78 is 20.0. The molecule has 28 heavy (non-hydrogen) atoms. The van der Waals surface area contributed by atoms with Crippen molar-refractivity contribution in [1.82, 2.24) is 19.5 Å². The first-order chi connectivity index (χ1) is 13.6. The van der Waals surface area contributed by atoms with Crippen molar-refractivity contribution in [3.05, 3.63) is 81.4 Å². The van der Waals surface area contributed by atoms with Gasteiger partial charge in [0.05, 0.1) is 23.2 Å². The van der Waals surface area contributed by atoms with Crippen molar-refractivity contribution in [1.29, 1.82) is 0 Å². The summed E-state index contributed by atoms with van der Waals surface area (Å²) in [4.78, 5) is 20.0. The zero-order chi connectivity index (χ0) is 19.3. The highest BCUT2D eigenvalue weighted by Crippen LogP contribution is 2.24. The predicted molar refractivity (Wildman–Crippen MR) is 102 cm³/mol. The minimum absolute atomic E-state index is 0.0730. The Labute approximate surface area is 160 Å². The Morgan fingerprint density at radius 2 is 2.07 bits per heavy atom. The molecule has 142 valence electrons. The van der Waals surface area contributed by atoms with E-state index in [1.807, 2.05) is 19.1 Å². The Morgan fingerprint density at radius 3 is 2.82 bits per heavy atom. The fourth-order valence-electron chi connectivity index (χ4n) is 3.82. The molecule has 1 N–H and O–H groups in total. The van der Waals surface area contributed by atoms with Crippen molar-refractivity contribution in [3.8, 4) is 11.3 Å². The average Bonchev–Trinajstić information content (AvgIpc) is 3.30. The van der Waals surface area contributed by atoms with E-state index in [4.69, 9.17) is 9.40 Å². The number of fused-ring (bicyclic) bond motifs is 2. The van der Waals surface area contributed by atoms with Crippen molar-refractivity contribution in [2.45, 2.75) is 26.4 Å². The number of hydrogen-bond donors (Lipinski definition) is 1. The zero-order valence-corrected chi connectivity index (χ0v) is 15.4. The number of nitrogens with one attached hydrogen (secondary N) is 1. The third-order valence-electron chi connectivity index (χ3n) is 5.31. The van der Waals surface area contributed by atoms with Crippen LogP contribution in [0.3, 0.4) is 0 Å². The standard InChI is InChI=1S/C21H19FN4O2/c1-13-16(7-9-28-13)19-10-20-23-18-6-8-25(11-14-2-4-15(22)5-3-14)12-17(18)21(27)26(20)24-19/h2-5,7,9-10,24H,6,8,11-12H2,1H3. The number of aromatic amines is 1. The number of nitrogens with zero attached hydrogens (tertiary/aromatic N) is 3. The molecular formula is C21H19FN4O2. The molecule has 4 aromatic rings. The van der Waals surface area contributed by atoms with E-state index in [-0.39, 0.29) is 11.4 Å². The molecule has 0 fully saturated rings. The monoisotopic (exact) mass is 378 g/mol. The summed E-state index contributed by atoms with van der Waals surface area (Å²) in [5.74, 6) is 0.544. The second-order valence-electron chi connectivity index (χ2n) is 7.18. The highest BCUT2D eigenvalue weighted by atomic mass is 19.1. The highest BCUT2D eigenvalue weighted by molar-refractivity contribution is 5.65. The average molecular weight is 378 g/mol. The maximum absolute atomic E-state index is 13.1. The minimum Gasteiger partial charge on any atom is -0.469 e. The van der Waals surface area contributed by atoms with Gasteiger partial charge >= 0.3 is 0 Å². The van der Waals surface area contributed by atoms with E-state index in [1.165, 1.54) is 16.6 Å². The van der Waals surface area contributed by atoms with Crippen molar-refractivity contribution < 1.29 is 8.81 Å². The lowest BCUT2D eigenvalue weighted by molar-refractivity contribution is 0.241. The van der Waals surface area contributed by atoms with Gasteiger partial charge in [-0.3, -0.25) is 14.8 Å². The van der Waals surface area contributed by atoms with Crippen LogP contribution < -0.4 is 5.56 Å². The zero-order valence-electron chi connectivity index (χ0n) is 15.4. The topological polar surface area (TPSA) is 66.5 Å². The van der Waals surface area contributed by atoms with Gasteiger partial charge in [-0.15, -0.1) is 0 Å². The van der Waals surface area contributed by atoms with Gasteiger partial charge in [0, 0.05) is 37.7 Å². The van der Waals surface area contributed by atoms with E-state index in [0.717, 1.165) is 34.8 Å². The van der Waals surface area contributed by atoms with Gasteiger partial charge in [0.15, 0.2) is 5.65 Å². The molecule has 7 heteroatoms. The van der Waals surface area contributed by atoms with Crippen molar-refractivity contribution in [3.63, 3.8) is 0 Å². The molecule has 0 spiro atoms. The smallest absolute Gasteiger partial charge is 0.277 e. The molecule has 0 saturated carbocycles. The maximum atomic E-state index is 13.1. The van der Waals surface area contributed by atoms with Crippen LogP contribution in [-0.2, 0) is 19.5 Å². The Morgan fingerprint density at radius 1 is 1.25 bits per heavy atom. The van der Waals surface area contributed by atoms with E-state index in [0.29, 0.717) is 30.7 Å². The van der Waals surface area contributed by atoms with Crippen LogP contribution in [0.15, 0.2) is 51.9 Å². The number of halogens is 1. The first-order valence-corrected chi connectivity index (χ1v) is 9.23. The van der Waals surface area contributed by atoms with E-state index < -0.39 is 0 Å². The van der Waals surface area contributed by atoms with Crippen LogP contribution in [0.4, 0.5) is 4.39 Å². The summed E-state index contributed by atoms with van der Waals surface area (Å²) >= 11 is 0. The second-order valence-corrected chi connectivity index (χ2v) is 7.18. The molecule has 4 heterocycles. The van der Waals surface area contributed by atoms with Gasteiger partial charge in [0.2, 0.25) is 0 Å². The maximum Gasteiger partial charge on any atom is 0.277 e. The van der Waals surface area contributed by atoms with Gasteiger partial charge in [0.25, 0.3) is 5.56 Å². The van der Waals surface area contributed by atoms with Crippen LogP contribution in [0.1, 0.15) is 22.6 Å². The SMILES string of the molecule is Cc1occc1-c1cc2nc3c(c(=O)n2[nH]1)CN(Cc1ccc(F)cc1)CC3. The molecule has 0 atom stereocenters. The van der Waals surface area contributed by atoms with E-state index in [1.54, 1.807) is 18.4 Å². The number of aromatic nitrogens is 3. The lowest BCUT2D eigenvalue weighted by atomic mass is 10.1. The van der Waals surface area contributed by atoms with Crippen LogP contribution in [0.2, 0.25) is 0 Å². The van der Waals surface area contributed by atoms with Gasteiger partial charge in [-0.25, -0.2) is 13.9 Å². The molecule has 6 nitrogen and oxygen atoms in total. The van der Waals surface area contributed by atoms with Crippen LogP contribution in [-0.4, -0.2) is 26.0 Å². The Hall–Kier alpha value is -3.19. The number of aryl methyl sites for hydroxylation is 1. The number of hydrogen-bond acceptors (Lipinski definition) is 4. The second kappa shape index (κ2) is 6.45. The summed E-state index contributed by atoms with van der Waals surface area (Å²) in [7, 11) is 0. The molecule has 1 aliphatic heterocycles. The van der Waals surface area contributed by atoms with Gasteiger partial charge in [-0.2, -0.15) is 0 Å². The first kappa shape index (κ1) is 16.9. The number of benzene rings is 1. The van der Waals surface area contributed by atoms with Crippen LogP contribution in [0.25, 0.3) is 16.9 Å². The van der Waals surface area contributed by atoms with Crippen molar-refractivity contribution in [2.75, 3.05) is 6.54 Å². The molecule has 1 aromatic carbocycles. The Balaban J connectivity index is 1.48. The first-order valence-electron chi connectivity index (χ1n) is 9.23. The summed E-state index contributed by atoms with van der Waals surface area (Å²) in [6.07, 6.45) is 2.35. The Bertz CT molecular complexity index is 1220. The predicted octanol–water partition coefficient (Wildman–Crippen LogP) is 3.29. The highest BCUT2D eigenvalue weighted by Gasteiger charge is 2.23. The molecule has 3 aromatic heterocycles. The normalized spacial score (nSPS) is 14.5. The lowest BCUT2D eigenvalue weighted by Crippen LogP contribution is -2.36. The van der Waals surface area contributed by atoms with Crippen LogP contribution in [0.5, 0.6) is 0 Å². The van der Waals surface area contributed by atoms with Gasteiger partial charge in [-0.1, -0.05) is 12.1 Å². The number of rotatable bonds is 3. The molecule has 0 saturated heterocycles. The van der Waals surface area contributed by atoms with Gasteiger partial charge in [0.1, 0.15) is 11.6 Å². The molecule has 0 unspecified atom stereocenters. The van der Waals surface area contributed by atoms with Crippen LogP contribution >= 0.6 is 0 Å². The minimum atomic E-state index is -0.243. The third kappa shape index (κ3) is 2.84. The van der Waals surface area contributed by atoms with E-state index >= 15 is 0 Å². The van der Waals surface area contributed by atoms with Gasteiger partial charge < -0.3 is 4.42 Å². The number of H-pyrrole nitrogens is 1. The number of furan rings is 1. The summed E-state index contributed by atoms with van der Waals surface area (Å²) in [6.45, 7) is 3.90.